The summed E-state index contributed by atoms with van der Waals surface area (Å²) in [6, 6.07) is 0. The van der Waals surface area contributed by atoms with Gasteiger partial charge in [0.2, 0.25) is 11.8 Å². The Kier molecular flexibility index (Phi) is 4.67. The second-order valence-corrected chi connectivity index (χ2v) is 11.6. The molecular formula is C24H34N4O2. The number of hydrogen-bond donors (Lipinski definition) is 1. The van der Waals surface area contributed by atoms with E-state index in [1.54, 1.807) is 0 Å². The summed E-state index contributed by atoms with van der Waals surface area (Å²) in [5.41, 5.74) is 1.67. The molecule has 0 radical (unpaired) electrons. The third kappa shape index (κ3) is 3.63. The van der Waals surface area contributed by atoms with Crippen molar-refractivity contribution in [3.63, 3.8) is 0 Å². The van der Waals surface area contributed by atoms with Gasteiger partial charge in [-0.3, -0.25) is 9.59 Å². The summed E-state index contributed by atoms with van der Waals surface area (Å²) in [5, 5.41) is 3.22. The molecule has 5 aliphatic rings. The molecule has 1 aliphatic heterocycles. The Labute approximate surface area is 179 Å². The van der Waals surface area contributed by atoms with Crippen LogP contribution in [0.25, 0.3) is 0 Å². The van der Waals surface area contributed by atoms with Gasteiger partial charge in [0.25, 0.3) is 0 Å². The minimum absolute atomic E-state index is 0.0278. The van der Waals surface area contributed by atoms with Crippen LogP contribution in [-0.4, -0.2) is 33.2 Å². The summed E-state index contributed by atoms with van der Waals surface area (Å²) >= 11 is 0. The molecule has 6 heteroatoms. The number of nitrogens with one attached hydrogen (secondary N) is 1. The van der Waals surface area contributed by atoms with E-state index in [1.807, 2.05) is 4.90 Å². The first-order valence-electron chi connectivity index (χ1n) is 11.6. The molecule has 4 bridgehead atoms. The van der Waals surface area contributed by atoms with Gasteiger partial charge in [-0.2, -0.15) is 0 Å². The number of fused-ring (bicyclic) bond motifs is 1. The summed E-state index contributed by atoms with van der Waals surface area (Å²) in [4.78, 5) is 36.9. The minimum atomic E-state index is -0.185. The van der Waals surface area contributed by atoms with Crippen LogP contribution in [0.1, 0.15) is 77.0 Å². The smallest absolute Gasteiger partial charge is 0.231 e. The van der Waals surface area contributed by atoms with Crippen LogP contribution in [-0.2, 0) is 22.6 Å². The molecule has 6 rings (SSSR count). The normalized spacial score (nSPS) is 32.1. The summed E-state index contributed by atoms with van der Waals surface area (Å²) in [7, 11) is 0. The number of anilines is 1. The SMILES string of the molecule is CC(C)(C)CC(=O)N1CCc2c(ncnc2NC(=O)C23CC4CC(CC(C4)C2)C3)C1. The fourth-order valence-electron chi connectivity index (χ4n) is 6.87. The van der Waals surface area contributed by atoms with Crippen LogP contribution in [0.3, 0.4) is 0 Å². The monoisotopic (exact) mass is 410 g/mol. The minimum Gasteiger partial charge on any atom is -0.336 e. The lowest BCUT2D eigenvalue weighted by Gasteiger charge is -2.55. The van der Waals surface area contributed by atoms with E-state index in [4.69, 9.17) is 0 Å². The fourth-order valence-corrected chi connectivity index (χ4v) is 6.87. The van der Waals surface area contributed by atoms with E-state index in [9.17, 15) is 9.59 Å². The molecule has 4 aliphatic carbocycles. The van der Waals surface area contributed by atoms with Gasteiger partial charge in [-0.25, -0.2) is 9.97 Å². The lowest BCUT2D eigenvalue weighted by atomic mass is 9.49. The zero-order chi connectivity index (χ0) is 21.1. The van der Waals surface area contributed by atoms with Gasteiger partial charge in [0.15, 0.2) is 0 Å². The van der Waals surface area contributed by atoms with Crippen molar-refractivity contribution in [2.75, 3.05) is 11.9 Å². The lowest BCUT2D eigenvalue weighted by Crippen LogP contribution is -2.52. The molecular weight excluding hydrogens is 376 g/mol. The first-order valence-corrected chi connectivity index (χ1v) is 11.6. The average molecular weight is 411 g/mol. The summed E-state index contributed by atoms with van der Waals surface area (Å²) in [6.07, 6.45) is 9.89. The van der Waals surface area contributed by atoms with Gasteiger partial charge < -0.3 is 10.2 Å². The molecule has 0 unspecified atom stereocenters. The van der Waals surface area contributed by atoms with E-state index in [0.29, 0.717) is 31.7 Å². The Morgan fingerprint density at radius 2 is 1.73 bits per heavy atom. The Balaban J connectivity index is 1.31. The van der Waals surface area contributed by atoms with Gasteiger partial charge in [-0.1, -0.05) is 20.8 Å². The molecule has 1 aromatic heterocycles. The summed E-state index contributed by atoms with van der Waals surface area (Å²) in [6.45, 7) is 7.43. The number of carbonyl (C=O) groups is 2. The van der Waals surface area contributed by atoms with E-state index in [1.165, 1.54) is 25.6 Å². The molecule has 1 N–H and O–H groups in total. The maximum absolute atomic E-state index is 13.4. The molecule has 2 heterocycles. The number of aromatic nitrogens is 2. The Morgan fingerprint density at radius 1 is 1.10 bits per heavy atom. The topological polar surface area (TPSA) is 75.2 Å². The quantitative estimate of drug-likeness (QED) is 0.819. The summed E-state index contributed by atoms with van der Waals surface area (Å²) < 4.78 is 0. The van der Waals surface area contributed by atoms with Gasteiger partial charge in [0, 0.05) is 18.5 Å². The molecule has 6 nitrogen and oxygen atoms in total. The molecule has 2 amide bonds. The van der Waals surface area contributed by atoms with Crippen LogP contribution in [0, 0.1) is 28.6 Å². The molecule has 4 saturated carbocycles. The zero-order valence-corrected chi connectivity index (χ0v) is 18.5. The maximum atomic E-state index is 13.4. The fraction of sp³-hybridized carbons (Fsp3) is 0.750. The van der Waals surface area contributed by atoms with Crippen molar-refractivity contribution in [1.29, 1.82) is 0 Å². The highest BCUT2D eigenvalue weighted by atomic mass is 16.2. The molecule has 4 fully saturated rings. The predicted molar refractivity (Wildman–Crippen MR) is 114 cm³/mol. The standard InChI is InChI=1S/C24H34N4O2/c1-23(2,3)12-20(29)28-5-4-18-19(13-28)25-14-26-21(18)27-22(30)24-9-15-6-16(10-24)8-17(7-15)11-24/h14-17H,4-13H2,1-3H3,(H,25,26,27,30). The van der Waals surface area contributed by atoms with Gasteiger partial charge in [0.1, 0.15) is 12.1 Å². The zero-order valence-electron chi connectivity index (χ0n) is 18.5. The first-order chi connectivity index (χ1) is 14.2. The number of nitrogens with zero attached hydrogens (tertiary/aromatic N) is 3. The van der Waals surface area contributed by atoms with E-state index >= 15 is 0 Å². The first kappa shape index (κ1) is 20.0. The van der Waals surface area contributed by atoms with Gasteiger partial charge in [-0.05, 0) is 68.1 Å². The highest BCUT2D eigenvalue weighted by molar-refractivity contribution is 5.95. The number of hydrogen-bond acceptors (Lipinski definition) is 4. The Bertz CT molecular complexity index is 837. The van der Waals surface area contributed by atoms with Crippen molar-refractivity contribution in [3.8, 4) is 0 Å². The second kappa shape index (κ2) is 7.03. The number of carbonyl (C=O) groups excluding carboxylic acids is 2. The van der Waals surface area contributed by atoms with Crippen molar-refractivity contribution < 1.29 is 9.59 Å². The van der Waals surface area contributed by atoms with E-state index < -0.39 is 0 Å². The van der Waals surface area contributed by atoms with Crippen LogP contribution < -0.4 is 5.32 Å². The van der Waals surface area contributed by atoms with Crippen molar-refractivity contribution in [2.24, 2.45) is 28.6 Å². The molecule has 162 valence electrons. The van der Waals surface area contributed by atoms with E-state index in [2.05, 4.69) is 36.1 Å². The molecule has 1 aromatic rings. The van der Waals surface area contributed by atoms with Crippen molar-refractivity contribution in [1.82, 2.24) is 14.9 Å². The molecule has 0 atom stereocenters. The van der Waals surface area contributed by atoms with Gasteiger partial charge in [-0.15, -0.1) is 0 Å². The number of rotatable bonds is 3. The second-order valence-electron chi connectivity index (χ2n) is 11.6. The third-order valence-corrected chi connectivity index (χ3v) is 7.79. The van der Waals surface area contributed by atoms with Crippen LogP contribution in [0.5, 0.6) is 0 Å². The molecule has 30 heavy (non-hydrogen) atoms. The largest absolute Gasteiger partial charge is 0.336 e. The van der Waals surface area contributed by atoms with Crippen LogP contribution in [0.15, 0.2) is 6.33 Å². The molecule has 0 spiro atoms. The van der Waals surface area contributed by atoms with E-state index in [0.717, 1.165) is 48.3 Å². The maximum Gasteiger partial charge on any atom is 0.231 e. The van der Waals surface area contributed by atoms with Crippen molar-refractivity contribution in [2.45, 2.75) is 78.7 Å². The van der Waals surface area contributed by atoms with E-state index in [-0.39, 0.29) is 22.6 Å². The highest BCUT2D eigenvalue weighted by Gasteiger charge is 2.54. The van der Waals surface area contributed by atoms with Crippen molar-refractivity contribution >= 4 is 17.6 Å². The lowest BCUT2D eigenvalue weighted by molar-refractivity contribution is -0.140. The van der Waals surface area contributed by atoms with Crippen LogP contribution >= 0.6 is 0 Å². The Hall–Kier alpha value is -1.98. The molecule has 0 saturated heterocycles. The van der Waals surface area contributed by atoms with Gasteiger partial charge in [0.05, 0.1) is 17.7 Å². The average Bonchev–Trinajstić information content (AvgIpc) is 2.65. The Morgan fingerprint density at radius 3 is 2.33 bits per heavy atom. The third-order valence-electron chi connectivity index (χ3n) is 7.79. The number of amides is 2. The summed E-state index contributed by atoms with van der Waals surface area (Å²) in [5.74, 6) is 3.24. The van der Waals surface area contributed by atoms with Crippen LogP contribution in [0.2, 0.25) is 0 Å². The predicted octanol–water partition coefficient (Wildman–Crippen LogP) is 3.95. The highest BCUT2D eigenvalue weighted by Crippen LogP contribution is 2.60. The van der Waals surface area contributed by atoms with Crippen molar-refractivity contribution in [3.05, 3.63) is 17.6 Å². The molecule has 0 aromatic carbocycles. The van der Waals surface area contributed by atoms with Crippen LogP contribution in [0.4, 0.5) is 5.82 Å². The van der Waals surface area contributed by atoms with Gasteiger partial charge >= 0.3 is 0 Å².